The van der Waals surface area contributed by atoms with Gasteiger partial charge in [-0.15, -0.1) is 0 Å². The monoisotopic (exact) mass is 166 g/mol. The van der Waals surface area contributed by atoms with Crippen molar-refractivity contribution >= 4 is 10.4 Å². The van der Waals surface area contributed by atoms with Crippen LogP contribution in [0.15, 0.2) is 0 Å². The van der Waals surface area contributed by atoms with Gasteiger partial charge in [-0.25, -0.2) is 8.37 Å². The largest absolute Gasteiger partial charge is 0.400 e. The molecule has 0 aromatic rings. The molecule has 1 aliphatic heterocycles. The molecule has 0 saturated carbocycles. The van der Waals surface area contributed by atoms with Crippen LogP contribution in [0.4, 0.5) is 0 Å². The summed E-state index contributed by atoms with van der Waals surface area (Å²) in [6.07, 6.45) is 0.0143. The molecule has 1 fully saturated rings. The Balaban J connectivity index is 2.71. The average molecular weight is 166 g/mol. The van der Waals surface area contributed by atoms with Gasteiger partial charge < -0.3 is 0 Å². The van der Waals surface area contributed by atoms with Crippen LogP contribution in [0, 0.1) is 0 Å². The highest BCUT2D eigenvalue weighted by atomic mass is 32.3. The van der Waals surface area contributed by atoms with Crippen molar-refractivity contribution in [3.63, 3.8) is 0 Å². The smallest absolute Gasteiger partial charge is 0.242 e. The van der Waals surface area contributed by atoms with Crippen molar-refractivity contribution < 1.29 is 16.8 Å². The summed E-state index contributed by atoms with van der Waals surface area (Å²) < 4.78 is 30.2. The molecule has 0 radical (unpaired) electrons. The summed E-state index contributed by atoms with van der Waals surface area (Å²) in [7, 11) is -3.66. The van der Waals surface area contributed by atoms with Gasteiger partial charge in [0, 0.05) is 0 Å². The first-order valence-electron chi connectivity index (χ1n) is 3.16. The SMILES string of the molecule is CC[C@@H]1OS(=O)(=O)O[C@H]1C. The highest BCUT2D eigenvalue weighted by Gasteiger charge is 2.35. The van der Waals surface area contributed by atoms with Crippen molar-refractivity contribution in [2.75, 3.05) is 0 Å². The standard InChI is InChI=1S/C5H10O4S/c1-3-5-4(2)8-10(6,7)9-5/h4-5H,3H2,1-2H3/t4-,5-/m0/s1. The Labute approximate surface area is 60.5 Å². The molecule has 5 heteroatoms. The van der Waals surface area contributed by atoms with E-state index in [1.807, 2.05) is 6.92 Å². The first kappa shape index (κ1) is 7.97. The molecule has 10 heavy (non-hydrogen) atoms. The molecule has 1 aliphatic rings. The van der Waals surface area contributed by atoms with Gasteiger partial charge in [0.05, 0.1) is 0 Å². The lowest BCUT2D eigenvalue weighted by Crippen LogP contribution is -2.17. The van der Waals surface area contributed by atoms with E-state index in [1.54, 1.807) is 6.92 Å². The Hall–Kier alpha value is -0.130. The van der Waals surface area contributed by atoms with Gasteiger partial charge in [-0.2, -0.15) is 8.42 Å². The van der Waals surface area contributed by atoms with E-state index in [0.29, 0.717) is 6.42 Å². The Kier molecular flexibility index (Phi) is 1.98. The maximum Gasteiger partial charge on any atom is 0.400 e. The predicted molar refractivity (Wildman–Crippen MR) is 34.6 cm³/mol. The molecular weight excluding hydrogens is 156 g/mol. The van der Waals surface area contributed by atoms with Crippen LogP contribution in [-0.4, -0.2) is 20.6 Å². The molecule has 0 aromatic carbocycles. The fourth-order valence-electron chi connectivity index (χ4n) is 0.900. The second-order valence-corrected chi connectivity index (χ2v) is 3.45. The fourth-order valence-corrected chi connectivity index (χ4v) is 2.04. The molecule has 4 nitrogen and oxygen atoms in total. The molecule has 0 bridgehead atoms. The van der Waals surface area contributed by atoms with E-state index in [2.05, 4.69) is 8.37 Å². The minimum absolute atomic E-state index is 0.301. The second kappa shape index (κ2) is 2.48. The van der Waals surface area contributed by atoms with Crippen molar-refractivity contribution in [3.05, 3.63) is 0 Å². The molecule has 2 atom stereocenters. The molecule has 0 aromatic heterocycles. The molecule has 0 spiro atoms. The Morgan fingerprint density at radius 1 is 1.40 bits per heavy atom. The lowest BCUT2D eigenvalue weighted by Gasteiger charge is -2.04. The zero-order valence-corrected chi connectivity index (χ0v) is 6.72. The molecule has 1 saturated heterocycles. The number of rotatable bonds is 1. The highest BCUT2D eigenvalue weighted by molar-refractivity contribution is 7.82. The maximum absolute atomic E-state index is 10.6. The first-order valence-corrected chi connectivity index (χ1v) is 4.50. The third kappa shape index (κ3) is 1.47. The molecule has 0 amide bonds. The van der Waals surface area contributed by atoms with Gasteiger partial charge in [-0.1, -0.05) is 6.92 Å². The molecule has 0 unspecified atom stereocenters. The van der Waals surface area contributed by atoms with Gasteiger partial charge in [-0.05, 0) is 13.3 Å². The van der Waals surface area contributed by atoms with Gasteiger partial charge in [0.25, 0.3) is 0 Å². The summed E-state index contributed by atoms with van der Waals surface area (Å²) in [5, 5.41) is 0. The van der Waals surface area contributed by atoms with Crippen molar-refractivity contribution in [2.45, 2.75) is 32.5 Å². The maximum atomic E-state index is 10.6. The van der Waals surface area contributed by atoms with E-state index in [4.69, 9.17) is 0 Å². The Bertz CT molecular complexity index is 208. The van der Waals surface area contributed by atoms with Crippen molar-refractivity contribution in [1.29, 1.82) is 0 Å². The topological polar surface area (TPSA) is 52.6 Å². The molecule has 60 valence electrons. The number of hydrogen-bond donors (Lipinski definition) is 0. The molecule has 1 rings (SSSR count). The van der Waals surface area contributed by atoms with Crippen molar-refractivity contribution in [2.24, 2.45) is 0 Å². The summed E-state index contributed by atoms with van der Waals surface area (Å²) in [5.74, 6) is 0. The van der Waals surface area contributed by atoms with Crippen LogP contribution in [0.1, 0.15) is 20.3 Å². The van der Waals surface area contributed by atoms with Crippen LogP contribution in [0.25, 0.3) is 0 Å². The zero-order valence-electron chi connectivity index (χ0n) is 5.90. The second-order valence-electron chi connectivity index (χ2n) is 2.25. The minimum atomic E-state index is -3.66. The molecule has 0 N–H and O–H groups in total. The van der Waals surface area contributed by atoms with Crippen molar-refractivity contribution in [1.82, 2.24) is 0 Å². The van der Waals surface area contributed by atoms with E-state index in [1.165, 1.54) is 0 Å². The van der Waals surface area contributed by atoms with Crippen LogP contribution in [0.3, 0.4) is 0 Å². The summed E-state index contributed by atoms with van der Waals surface area (Å²) in [4.78, 5) is 0. The number of hydrogen-bond acceptors (Lipinski definition) is 4. The van der Waals surface area contributed by atoms with Crippen LogP contribution in [0.2, 0.25) is 0 Å². The lowest BCUT2D eigenvalue weighted by atomic mass is 10.2. The van der Waals surface area contributed by atoms with Gasteiger partial charge >= 0.3 is 10.4 Å². The Morgan fingerprint density at radius 2 is 2.00 bits per heavy atom. The van der Waals surface area contributed by atoms with Crippen molar-refractivity contribution in [3.8, 4) is 0 Å². The van der Waals surface area contributed by atoms with Gasteiger partial charge in [0.2, 0.25) is 0 Å². The summed E-state index contributed by atoms with van der Waals surface area (Å²) in [6, 6.07) is 0. The van der Waals surface area contributed by atoms with E-state index < -0.39 is 10.4 Å². The molecule has 1 heterocycles. The summed E-state index contributed by atoms with van der Waals surface area (Å²) in [5.41, 5.74) is 0. The molecule has 0 aliphatic carbocycles. The zero-order chi connectivity index (χ0) is 7.78. The Morgan fingerprint density at radius 3 is 2.20 bits per heavy atom. The van der Waals surface area contributed by atoms with E-state index in [-0.39, 0.29) is 12.2 Å². The van der Waals surface area contributed by atoms with Crippen LogP contribution < -0.4 is 0 Å². The molecular formula is C5H10O4S. The van der Waals surface area contributed by atoms with Crippen LogP contribution >= 0.6 is 0 Å². The van der Waals surface area contributed by atoms with E-state index in [9.17, 15) is 8.42 Å². The van der Waals surface area contributed by atoms with E-state index >= 15 is 0 Å². The van der Waals surface area contributed by atoms with Gasteiger partial charge in [0.15, 0.2) is 0 Å². The van der Waals surface area contributed by atoms with Gasteiger partial charge in [-0.3, -0.25) is 0 Å². The third-order valence-electron chi connectivity index (χ3n) is 1.44. The van der Waals surface area contributed by atoms with Gasteiger partial charge in [0.1, 0.15) is 12.2 Å². The first-order chi connectivity index (χ1) is 4.55. The van der Waals surface area contributed by atoms with E-state index in [0.717, 1.165) is 0 Å². The average Bonchev–Trinajstić information content (AvgIpc) is 2.05. The minimum Gasteiger partial charge on any atom is -0.242 e. The third-order valence-corrected chi connectivity index (χ3v) is 2.46. The van der Waals surface area contributed by atoms with Crippen LogP contribution in [-0.2, 0) is 18.8 Å². The van der Waals surface area contributed by atoms with Crippen LogP contribution in [0.5, 0.6) is 0 Å². The highest BCUT2D eigenvalue weighted by Crippen LogP contribution is 2.21. The summed E-state index contributed by atoms with van der Waals surface area (Å²) >= 11 is 0. The fraction of sp³-hybridized carbons (Fsp3) is 1.00. The quantitative estimate of drug-likeness (QED) is 0.567. The summed E-state index contributed by atoms with van der Waals surface area (Å²) in [6.45, 7) is 3.53. The lowest BCUT2D eigenvalue weighted by molar-refractivity contribution is 0.166. The predicted octanol–water partition coefficient (Wildman–Crippen LogP) is 0.445. The normalized spacial score (nSPS) is 38.2.